The molecule has 2 aliphatic heterocycles. The molecule has 7 nitrogen and oxygen atoms in total. The zero-order valence-electron chi connectivity index (χ0n) is 16.0. The normalized spacial score (nSPS) is 41.5. The molecule has 0 saturated carbocycles. The van der Waals surface area contributed by atoms with Gasteiger partial charge in [-0.25, -0.2) is 4.79 Å². The summed E-state index contributed by atoms with van der Waals surface area (Å²) in [4.78, 5) is 24.6. The van der Waals surface area contributed by atoms with Crippen molar-refractivity contribution < 1.29 is 34.0 Å². The largest absolute Gasteiger partial charge is 0.461 e. The van der Waals surface area contributed by atoms with Gasteiger partial charge in [0.2, 0.25) is 0 Å². The van der Waals surface area contributed by atoms with Crippen LogP contribution in [-0.4, -0.2) is 58.8 Å². The van der Waals surface area contributed by atoms with Crippen LogP contribution in [0.5, 0.6) is 0 Å². The van der Waals surface area contributed by atoms with E-state index in [1.807, 2.05) is 6.92 Å². The zero-order valence-corrected chi connectivity index (χ0v) is 16.0. The van der Waals surface area contributed by atoms with Gasteiger partial charge in [0.15, 0.2) is 0 Å². The highest BCUT2D eigenvalue weighted by Crippen LogP contribution is 2.48. The fourth-order valence-corrected chi connectivity index (χ4v) is 3.85. The number of carbonyl (C=O) groups excluding carboxylic acids is 2. The summed E-state index contributed by atoms with van der Waals surface area (Å²) < 4.78 is 16.9. The molecule has 1 aliphatic carbocycles. The second kappa shape index (κ2) is 7.37. The van der Waals surface area contributed by atoms with Crippen LogP contribution in [-0.2, 0) is 23.8 Å². The maximum atomic E-state index is 12.5. The number of carbonyl (C=O) groups is 2. The minimum Gasteiger partial charge on any atom is -0.461 e. The second-order valence-corrected chi connectivity index (χ2v) is 7.90. The average Bonchev–Trinajstić information content (AvgIpc) is 3.23. The first-order chi connectivity index (χ1) is 12.7. The van der Waals surface area contributed by atoms with Gasteiger partial charge >= 0.3 is 11.9 Å². The van der Waals surface area contributed by atoms with Gasteiger partial charge in [0, 0.05) is 18.4 Å². The lowest BCUT2D eigenvalue weighted by molar-refractivity contribution is -0.158. The molecule has 0 radical (unpaired) electrons. The highest BCUT2D eigenvalue weighted by atomic mass is 16.6. The Hall–Kier alpha value is -1.70. The second-order valence-electron chi connectivity index (χ2n) is 7.90. The molecule has 0 spiro atoms. The van der Waals surface area contributed by atoms with Gasteiger partial charge in [-0.3, -0.25) is 4.79 Å². The fraction of sp³-hybridized carbons (Fsp3) is 0.700. The molecule has 0 aromatic heterocycles. The summed E-state index contributed by atoms with van der Waals surface area (Å²) >= 11 is 0. The number of aliphatic hydroxyl groups excluding tert-OH is 2. The first-order valence-electron chi connectivity index (χ1n) is 9.47. The minimum atomic E-state index is -0.893. The van der Waals surface area contributed by atoms with E-state index >= 15 is 0 Å². The molecule has 7 atom stereocenters. The molecule has 27 heavy (non-hydrogen) atoms. The molecule has 2 fully saturated rings. The van der Waals surface area contributed by atoms with Crippen LogP contribution in [0.4, 0.5) is 0 Å². The van der Waals surface area contributed by atoms with Crippen LogP contribution in [0.1, 0.15) is 40.0 Å². The first kappa shape index (κ1) is 20.0. The molecule has 2 heterocycles. The van der Waals surface area contributed by atoms with E-state index in [4.69, 9.17) is 14.2 Å². The van der Waals surface area contributed by atoms with Crippen LogP contribution >= 0.6 is 0 Å². The van der Waals surface area contributed by atoms with Crippen molar-refractivity contribution in [1.82, 2.24) is 0 Å². The number of aliphatic hydroxyl groups is 2. The maximum Gasteiger partial charge on any atom is 0.334 e. The van der Waals surface area contributed by atoms with E-state index < -0.39 is 35.8 Å². The van der Waals surface area contributed by atoms with Gasteiger partial charge in [-0.05, 0) is 25.0 Å². The Labute approximate surface area is 159 Å². The lowest BCUT2D eigenvalue weighted by Crippen LogP contribution is -2.40. The quantitative estimate of drug-likeness (QED) is 0.327. The molecule has 2 N–H and O–H groups in total. The van der Waals surface area contributed by atoms with E-state index in [0.717, 1.165) is 0 Å². The summed E-state index contributed by atoms with van der Waals surface area (Å²) in [6.45, 7) is 9.01. The Balaban J connectivity index is 1.97. The SMILES string of the molecule is C=C1C(=O)O[C@@H]2/C=C(/C)[C@@H](O)C[C@H]3O[C@]3(CO)C[C@@H](OC(=O)[C@H](C)CC)[C@@H]12. The average molecular weight is 380 g/mol. The number of ether oxygens (including phenoxy) is 3. The van der Waals surface area contributed by atoms with Crippen LogP contribution in [0, 0.1) is 11.8 Å². The lowest BCUT2D eigenvalue weighted by atomic mass is 9.81. The van der Waals surface area contributed by atoms with E-state index in [-0.39, 0.29) is 36.6 Å². The summed E-state index contributed by atoms with van der Waals surface area (Å²) in [6.07, 6.45) is 0.361. The molecule has 2 saturated heterocycles. The molecule has 0 aromatic rings. The highest BCUT2D eigenvalue weighted by Gasteiger charge is 2.60. The predicted octanol–water partition coefficient (Wildman–Crippen LogP) is 1.27. The Kier molecular flexibility index (Phi) is 5.47. The molecule has 150 valence electrons. The van der Waals surface area contributed by atoms with Gasteiger partial charge in [-0.1, -0.05) is 20.4 Å². The summed E-state index contributed by atoms with van der Waals surface area (Å²) in [5, 5.41) is 20.3. The standard InChI is InChI=1S/C20H28O7/c1-5-10(2)18(23)26-15-8-20(9-21)16(27-20)7-13(22)11(3)6-14-17(15)12(4)19(24)25-14/h6,10,13-17,21-22H,4-5,7-9H2,1-3H3/b11-6-/t10-,13+,14-,15-,16-,17+,20+/m1/s1. The van der Waals surface area contributed by atoms with E-state index in [1.165, 1.54) is 0 Å². The zero-order chi connectivity index (χ0) is 19.9. The van der Waals surface area contributed by atoms with Crippen molar-refractivity contribution >= 4 is 11.9 Å². The van der Waals surface area contributed by atoms with Gasteiger partial charge in [-0.2, -0.15) is 0 Å². The molecule has 7 heteroatoms. The van der Waals surface area contributed by atoms with Crippen molar-refractivity contribution in [1.29, 1.82) is 0 Å². The van der Waals surface area contributed by atoms with E-state index in [0.29, 0.717) is 18.4 Å². The van der Waals surface area contributed by atoms with E-state index in [9.17, 15) is 19.8 Å². The number of hydrogen-bond donors (Lipinski definition) is 2. The Bertz CT molecular complexity index is 669. The Morgan fingerprint density at radius 2 is 2.22 bits per heavy atom. The van der Waals surface area contributed by atoms with Gasteiger partial charge in [0.05, 0.1) is 30.7 Å². The van der Waals surface area contributed by atoms with Gasteiger partial charge in [0.25, 0.3) is 0 Å². The summed E-state index contributed by atoms with van der Waals surface area (Å²) in [7, 11) is 0. The van der Waals surface area contributed by atoms with Crippen molar-refractivity contribution in [2.45, 2.75) is 70.1 Å². The highest BCUT2D eigenvalue weighted by molar-refractivity contribution is 5.91. The van der Waals surface area contributed by atoms with Crippen molar-refractivity contribution in [2.24, 2.45) is 11.8 Å². The molecular weight excluding hydrogens is 352 g/mol. The smallest absolute Gasteiger partial charge is 0.334 e. The van der Waals surface area contributed by atoms with Crippen molar-refractivity contribution in [2.75, 3.05) is 6.61 Å². The van der Waals surface area contributed by atoms with Crippen molar-refractivity contribution in [3.8, 4) is 0 Å². The van der Waals surface area contributed by atoms with Gasteiger partial charge in [-0.15, -0.1) is 0 Å². The van der Waals surface area contributed by atoms with Crippen LogP contribution in [0.25, 0.3) is 0 Å². The molecule has 0 amide bonds. The monoisotopic (exact) mass is 380 g/mol. The number of epoxide rings is 1. The molecular formula is C20H28O7. The minimum absolute atomic E-state index is 0.215. The number of hydrogen-bond acceptors (Lipinski definition) is 7. The van der Waals surface area contributed by atoms with Crippen molar-refractivity contribution in [3.05, 3.63) is 23.8 Å². The predicted molar refractivity (Wildman–Crippen MR) is 95.5 cm³/mol. The molecule has 3 rings (SSSR count). The molecule has 0 aromatic carbocycles. The maximum absolute atomic E-state index is 12.5. The van der Waals surface area contributed by atoms with E-state index in [2.05, 4.69) is 6.58 Å². The third-order valence-corrected chi connectivity index (χ3v) is 6.06. The number of fused-ring (bicyclic) bond motifs is 2. The van der Waals surface area contributed by atoms with Crippen LogP contribution in [0.15, 0.2) is 23.8 Å². The van der Waals surface area contributed by atoms with Crippen LogP contribution in [0.3, 0.4) is 0 Å². The number of esters is 2. The molecule has 0 unspecified atom stereocenters. The topological polar surface area (TPSA) is 106 Å². The van der Waals surface area contributed by atoms with Crippen LogP contribution in [0.2, 0.25) is 0 Å². The van der Waals surface area contributed by atoms with Crippen LogP contribution < -0.4 is 0 Å². The van der Waals surface area contributed by atoms with Gasteiger partial charge < -0.3 is 24.4 Å². The Morgan fingerprint density at radius 1 is 1.52 bits per heavy atom. The molecule has 0 bridgehead atoms. The van der Waals surface area contributed by atoms with Crippen molar-refractivity contribution in [3.63, 3.8) is 0 Å². The molecule has 3 aliphatic rings. The summed E-state index contributed by atoms with van der Waals surface area (Å²) in [5.74, 6) is -1.78. The number of rotatable bonds is 4. The van der Waals surface area contributed by atoms with E-state index in [1.54, 1.807) is 19.9 Å². The Morgan fingerprint density at radius 3 is 2.85 bits per heavy atom. The fourth-order valence-electron chi connectivity index (χ4n) is 3.85. The third-order valence-electron chi connectivity index (χ3n) is 6.06. The lowest BCUT2D eigenvalue weighted by Gasteiger charge is -2.30. The summed E-state index contributed by atoms with van der Waals surface area (Å²) in [5.41, 5.74) is -0.0229. The van der Waals surface area contributed by atoms with Gasteiger partial charge in [0.1, 0.15) is 17.8 Å². The first-order valence-corrected chi connectivity index (χ1v) is 9.47. The third kappa shape index (κ3) is 3.68. The summed E-state index contributed by atoms with van der Waals surface area (Å²) in [6, 6.07) is 0.